The standard InChI is InChI=1S/C21H32N2O2/c1-25-21(24)18-10-8-17(9-11-18)16-23-14-12-20(13-15-23)22-19-6-4-2-3-5-7-19/h8-11,19-20,22H,2-7,12-16H2,1H3. The highest BCUT2D eigenvalue weighted by Gasteiger charge is 2.22. The molecule has 1 saturated heterocycles. The first-order chi connectivity index (χ1) is 12.2. The molecule has 2 aliphatic rings. The van der Waals surface area contributed by atoms with Crippen LogP contribution < -0.4 is 5.32 Å². The van der Waals surface area contributed by atoms with Crippen LogP contribution in [0.3, 0.4) is 0 Å². The topological polar surface area (TPSA) is 41.6 Å². The van der Waals surface area contributed by atoms with Gasteiger partial charge in [-0.1, -0.05) is 37.8 Å². The van der Waals surface area contributed by atoms with Crippen molar-refractivity contribution in [2.24, 2.45) is 0 Å². The number of benzene rings is 1. The van der Waals surface area contributed by atoms with Crippen molar-refractivity contribution in [3.05, 3.63) is 35.4 Å². The zero-order chi connectivity index (χ0) is 17.5. The van der Waals surface area contributed by atoms with Crippen molar-refractivity contribution in [3.8, 4) is 0 Å². The minimum atomic E-state index is -0.267. The van der Waals surface area contributed by atoms with Crippen LogP contribution in [0.1, 0.15) is 67.3 Å². The Kier molecular flexibility index (Phi) is 6.88. The van der Waals surface area contributed by atoms with E-state index in [1.54, 1.807) is 0 Å². The van der Waals surface area contributed by atoms with E-state index in [1.165, 1.54) is 64.0 Å². The first kappa shape index (κ1) is 18.4. The number of nitrogens with one attached hydrogen (secondary N) is 1. The molecule has 1 aromatic carbocycles. The molecule has 3 rings (SSSR count). The SMILES string of the molecule is COC(=O)c1ccc(CN2CCC(NC3CCCCCC3)CC2)cc1. The number of carbonyl (C=O) groups excluding carboxylic acids is 1. The van der Waals surface area contributed by atoms with E-state index in [0.29, 0.717) is 11.6 Å². The van der Waals surface area contributed by atoms with E-state index < -0.39 is 0 Å². The Morgan fingerprint density at radius 2 is 1.60 bits per heavy atom. The van der Waals surface area contributed by atoms with Gasteiger partial charge in [-0.15, -0.1) is 0 Å². The maximum atomic E-state index is 11.5. The van der Waals surface area contributed by atoms with Gasteiger partial charge >= 0.3 is 5.97 Å². The molecule has 0 aromatic heterocycles. The van der Waals surface area contributed by atoms with Crippen molar-refractivity contribution < 1.29 is 9.53 Å². The van der Waals surface area contributed by atoms with Crippen LogP contribution in [0, 0.1) is 0 Å². The summed E-state index contributed by atoms with van der Waals surface area (Å²) >= 11 is 0. The summed E-state index contributed by atoms with van der Waals surface area (Å²) in [6.45, 7) is 3.28. The molecular formula is C21H32N2O2. The molecule has 1 heterocycles. The second-order valence-electron chi connectivity index (χ2n) is 7.59. The monoisotopic (exact) mass is 344 g/mol. The number of nitrogens with zero attached hydrogens (tertiary/aromatic N) is 1. The molecule has 0 atom stereocenters. The minimum Gasteiger partial charge on any atom is -0.465 e. The van der Waals surface area contributed by atoms with Crippen LogP contribution in [0.5, 0.6) is 0 Å². The van der Waals surface area contributed by atoms with Crippen molar-refractivity contribution in [3.63, 3.8) is 0 Å². The third-order valence-corrected chi connectivity index (χ3v) is 5.70. The number of hydrogen-bond acceptors (Lipinski definition) is 4. The number of carbonyl (C=O) groups is 1. The van der Waals surface area contributed by atoms with Gasteiger partial charge in [-0.2, -0.15) is 0 Å². The predicted molar refractivity (Wildman–Crippen MR) is 101 cm³/mol. The number of likely N-dealkylation sites (tertiary alicyclic amines) is 1. The van der Waals surface area contributed by atoms with Crippen LogP contribution in [0.15, 0.2) is 24.3 Å². The summed E-state index contributed by atoms with van der Waals surface area (Å²) in [7, 11) is 1.42. The van der Waals surface area contributed by atoms with Crippen molar-refractivity contribution in [2.75, 3.05) is 20.2 Å². The molecule has 0 amide bonds. The van der Waals surface area contributed by atoms with Gasteiger partial charge in [-0.3, -0.25) is 4.90 Å². The van der Waals surface area contributed by atoms with E-state index in [4.69, 9.17) is 4.74 Å². The lowest BCUT2D eigenvalue weighted by Gasteiger charge is -2.34. The second-order valence-corrected chi connectivity index (χ2v) is 7.59. The lowest BCUT2D eigenvalue weighted by atomic mass is 10.0. The van der Waals surface area contributed by atoms with Gasteiger partial charge in [0.25, 0.3) is 0 Å². The Morgan fingerprint density at radius 3 is 2.20 bits per heavy atom. The third kappa shape index (κ3) is 5.55. The lowest BCUT2D eigenvalue weighted by molar-refractivity contribution is 0.0600. The minimum absolute atomic E-state index is 0.267. The average molecular weight is 344 g/mol. The van der Waals surface area contributed by atoms with Crippen LogP contribution in [-0.2, 0) is 11.3 Å². The molecule has 1 aliphatic carbocycles. The summed E-state index contributed by atoms with van der Waals surface area (Å²) in [6, 6.07) is 9.26. The Hall–Kier alpha value is -1.39. The van der Waals surface area contributed by atoms with E-state index >= 15 is 0 Å². The van der Waals surface area contributed by atoms with Crippen LogP contribution in [0.4, 0.5) is 0 Å². The molecule has 1 aliphatic heterocycles. The lowest BCUT2D eigenvalue weighted by Crippen LogP contribution is -2.45. The van der Waals surface area contributed by atoms with Crippen molar-refractivity contribution in [1.29, 1.82) is 0 Å². The number of methoxy groups -OCH3 is 1. The molecule has 0 unspecified atom stereocenters. The van der Waals surface area contributed by atoms with Crippen LogP contribution in [0.25, 0.3) is 0 Å². The van der Waals surface area contributed by atoms with Gasteiger partial charge in [0.2, 0.25) is 0 Å². The first-order valence-corrected chi connectivity index (χ1v) is 9.90. The molecule has 25 heavy (non-hydrogen) atoms. The highest BCUT2D eigenvalue weighted by molar-refractivity contribution is 5.89. The molecule has 4 heteroatoms. The van der Waals surface area contributed by atoms with Gasteiger partial charge in [0.1, 0.15) is 0 Å². The number of esters is 1. The van der Waals surface area contributed by atoms with Gasteiger partial charge in [-0.05, 0) is 56.5 Å². The van der Waals surface area contributed by atoms with Crippen LogP contribution in [0.2, 0.25) is 0 Å². The quantitative estimate of drug-likeness (QED) is 0.652. The van der Waals surface area contributed by atoms with E-state index in [-0.39, 0.29) is 5.97 Å². The van der Waals surface area contributed by atoms with Crippen molar-refractivity contribution in [1.82, 2.24) is 10.2 Å². The van der Waals surface area contributed by atoms with Crippen LogP contribution >= 0.6 is 0 Å². The Morgan fingerprint density at radius 1 is 1.00 bits per heavy atom. The van der Waals surface area contributed by atoms with Crippen molar-refractivity contribution in [2.45, 2.75) is 70.0 Å². The third-order valence-electron chi connectivity index (χ3n) is 5.70. The highest BCUT2D eigenvalue weighted by Crippen LogP contribution is 2.20. The molecule has 0 bridgehead atoms. The Bertz CT molecular complexity index is 527. The maximum Gasteiger partial charge on any atom is 0.337 e. The first-order valence-electron chi connectivity index (χ1n) is 9.90. The molecule has 0 spiro atoms. The van der Waals surface area contributed by atoms with Gasteiger partial charge in [0.05, 0.1) is 12.7 Å². The fourth-order valence-corrected chi connectivity index (χ4v) is 4.16. The molecule has 4 nitrogen and oxygen atoms in total. The smallest absolute Gasteiger partial charge is 0.337 e. The summed E-state index contributed by atoms with van der Waals surface area (Å²) in [5, 5.41) is 3.93. The fraction of sp³-hybridized carbons (Fsp3) is 0.667. The highest BCUT2D eigenvalue weighted by atomic mass is 16.5. The van der Waals surface area contributed by atoms with Gasteiger partial charge in [0, 0.05) is 18.6 Å². The maximum absolute atomic E-state index is 11.5. The average Bonchev–Trinajstić information content (AvgIpc) is 2.92. The number of hydrogen-bond donors (Lipinski definition) is 1. The molecule has 1 N–H and O–H groups in total. The molecular weight excluding hydrogens is 312 g/mol. The summed E-state index contributed by atoms with van der Waals surface area (Å²) < 4.78 is 4.75. The van der Waals surface area contributed by atoms with E-state index in [1.807, 2.05) is 24.3 Å². The van der Waals surface area contributed by atoms with Gasteiger partial charge in [-0.25, -0.2) is 4.79 Å². The van der Waals surface area contributed by atoms with E-state index in [0.717, 1.165) is 25.7 Å². The Labute approximate surface area is 151 Å². The molecule has 0 radical (unpaired) electrons. The molecule has 1 aromatic rings. The van der Waals surface area contributed by atoms with Crippen molar-refractivity contribution >= 4 is 5.97 Å². The summed E-state index contributed by atoms with van der Waals surface area (Å²) in [4.78, 5) is 14.0. The number of rotatable bonds is 5. The van der Waals surface area contributed by atoms with Gasteiger partial charge < -0.3 is 10.1 Å². The summed E-state index contributed by atoms with van der Waals surface area (Å²) in [5.41, 5.74) is 1.89. The molecule has 138 valence electrons. The number of piperidine rings is 1. The summed E-state index contributed by atoms with van der Waals surface area (Å²) in [5.74, 6) is -0.267. The van der Waals surface area contributed by atoms with Gasteiger partial charge in [0.15, 0.2) is 0 Å². The zero-order valence-corrected chi connectivity index (χ0v) is 15.5. The predicted octanol–water partition coefficient (Wildman–Crippen LogP) is 3.75. The number of ether oxygens (including phenoxy) is 1. The Balaban J connectivity index is 1.42. The second kappa shape index (κ2) is 9.35. The van der Waals surface area contributed by atoms with E-state index in [2.05, 4.69) is 10.2 Å². The normalized spacial score (nSPS) is 21.0. The zero-order valence-electron chi connectivity index (χ0n) is 15.5. The largest absolute Gasteiger partial charge is 0.465 e. The summed E-state index contributed by atoms with van der Waals surface area (Å²) in [6.07, 6.45) is 10.9. The molecule has 2 fully saturated rings. The molecule has 1 saturated carbocycles. The fourth-order valence-electron chi connectivity index (χ4n) is 4.16. The van der Waals surface area contributed by atoms with E-state index in [9.17, 15) is 4.79 Å². The van der Waals surface area contributed by atoms with Crippen LogP contribution in [-0.4, -0.2) is 43.2 Å².